The average Bonchev–Trinajstić information content (AvgIpc) is 3.46. The van der Waals surface area contributed by atoms with Crippen LogP contribution in [0.3, 0.4) is 0 Å². The summed E-state index contributed by atoms with van der Waals surface area (Å²) in [6.07, 6.45) is 0. The van der Waals surface area contributed by atoms with E-state index >= 15 is 0 Å². The molecular weight excluding hydrogens is 488 g/mol. The second-order valence-corrected chi connectivity index (χ2v) is 10.2. The first-order valence-electron chi connectivity index (χ1n) is 11.9. The monoisotopic (exact) mass is 510 g/mol. The number of methoxy groups -OCH3 is 1. The summed E-state index contributed by atoms with van der Waals surface area (Å²) in [6.45, 7) is 4.25. The predicted octanol–water partition coefficient (Wildman–Crippen LogP) is 6.06. The molecule has 1 atom stereocenters. The van der Waals surface area contributed by atoms with Crippen molar-refractivity contribution in [2.24, 2.45) is 0 Å². The number of fused-ring (bicyclic) bond motifs is 3. The van der Waals surface area contributed by atoms with Gasteiger partial charge in [0.15, 0.2) is 10.6 Å². The molecule has 3 heterocycles. The van der Waals surface area contributed by atoms with Gasteiger partial charge < -0.3 is 9.15 Å². The first kappa shape index (κ1) is 23.1. The van der Waals surface area contributed by atoms with Gasteiger partial charge in [0.2, 0.25) is 5.76 Å². The summed E-state index contributed by atoms with van der Waals surface area (Å²) in [6, 6.07) is 18.9. The lowest BCUT2D eigenvalue weighted by Gasteiger charge is -2.22. The number of amides is 1. The number of rotatable bonds is 4. The van der Waals surface area contributed by atoms with Crippen LogP contribution in [0.25, 0.3) is 21.2 Å². The Labute approximate surface area is 215 Å². The van der Waals surface area contributed by atoms with E-state index in [1.165, 1.54) is 28.9 Å². The minimum atomic E-state index is -0.764. The molecule has 0 saturated carbocycles. The number of anilines is 1. The van der Waals surface area contributed by atoms with E-state index in [1.54, 1.807) is 48.5 Å². The Balaban J connectivity index is 1.57. The van der Waals surface area contributed by atoms with Gasteiger partial charge in [-0.1, -0.05) is 55.5 Å². The molecule has 0 fully saturated rings. The van der Waals surface area contributed by atoms with Gasteiger partial charge in [0.25, 0.3) is 5.91 Å². The number of hydrogen-bond acceptors (Lipinski definition) is 7. The minimum Gasteiger partial charge on any atom is -0.465 e. The van der Waals surface area contributed by atoms with Crippen molar-refractivity contribution >= 4 is 49.5 Å². The normalized spacial score (nSPS) is 15.1. The molecule has 6 rings (SSSR count). The number of esters is 1. The first-order chi connectivity index (χ1) is 17.9. The number of carbonyl (C=O) groups is 2. The quantitative estimate of drug-likeness (QED) is 0.273. The maximum Gasteiger partial charge on any atom is 0.337 e. The number of nitrogens with zero attached hydrogens (tertiary/aromatic N) is 2. The molecule has 3 aromatic carbocycles. The van der Waals surface area contributed by atoms with Gasteiger partial charge in [-0.15, -0.1) is 0 Å². The zero-order valence-corrected chi connectivity index (χ0v) is 21.2. The molecule has 184 valence electrons. The Morgan fingerprint density at radius 2 is 1.81 bits per heavy atom. The van der Waals surface area contributed by atoms with Crippen LogP contribution in [0.15, 0.2) is 75.9 Å². The molecule has 1 aliphatic rings. The van der Waals surface area contributed by atoms with E-state index in [0.717, 1.165) is 10.2 Å². The number of aromatic nitrogens is 1. The Morgan fingerprint density at radius 1 is 1.05 bits per heavy atom. The summed E-state index contributed by atoms with van der Waals surface area (Å²) in [7, 11) is 1.32. The van der Waals surface area contributed by atoms with Crippen molar-refractivity contribution < 1.29 is 18.7 Å². The molecule has 1 aliphatic heterocycles. The SMILES string of the molecule is COC(=O)c1ccc(C2c3c(oc4ccccc4c3=O)C(=O)N2c2nc3ccc(C(C)C)cc3s2)cc1. The fraction of sp³-hybridized carbons (Fsp3) is 0.172. The fourth-order valence-electron chi connectivity index (χ4n) is 4.74. The molecule has 8 heteroatoms. The van der Waals surface area contributed by atoms with Crippen LogP contribution >= 0.6 is 11.3 Å². The van der Waals surface area contributed by atoms with Gasteiger partial charge in [0.05, 0.1) is 39.9 Å². The first-order valence-corrected chi connectivity index (χ1v) is 12.7. The average molecular weight is 511 g/mol. The second-order valence-electron chi connectivity index (χ2n) is 9.24. The van der Waals surface area contributed by atoms with Crippen molar-refractivity contribution in [1.29, 1.82) is 0 Å². The summed E-state index contributed by atoms with van der Waals surface area (Å²) in [5.41, 5.74) is 3.33. The van der Waals surface area contributed by atoms with Crippen LogP contribution in [0.5, 0.6) is 0 Å². The molecule has 0 spiro atoms. The molecule has 0 saturated heterocycles. The highest BCUT2D eigenvalue weighted by Gasteiger charge is 2.45. The molecule has 1 amide bonds. The third-order valence-corrected chi connectivity index (χ3v) is 7.72. The van der Waals surface area contributed by atoms with E-state index < -0.39 is 17.9 Å². The molecule has 0 bridgehead atoms. The number of benzene rings is 3. The van der Waals surface area contributed by atoms with Crippen LogP contribution in [0.1, 0.15) is 63.4 Å². The molecule has 0 N–H and O–H groups in total. The molecule has 0 radical (unpaired) electrons. The lowest BCUT2D eigenvalue weighted by atomic mass is 9.98. The molecule has 2 aromatic heterocycles. The Kier molecular flexibility index (Phi) is 5.42. The van der Waals surface area contributed by atoms with Crippen molar-refractivity contribution in [2.75, 3.05) is 12.0 Å². The van der Waals surface area contributed by atoms with E-state index in [4.69, 9.17) is 14.1 Å². The fourth-order valence-corrected chi connectivity index (χ4v) is 5.78. The number of carbonyl (C=O) groups excluding carboxylic acids is 2. The van der Waals surface area contributed by atoms with E-state index in [9.17, 15) is 14.4 Å². The number of para-hydroxylation sites is 1. The molecular formula is C29H22N2O5S. The van der Waals surface area contributed by atoms with E-state index in [2.05, 4.69) is 19.9 Å². The van der Waals surface area contributed by atoms with Gasteiger partial charge in [-0.2, -0.15) is 0 Å². The van der Waals surface area contributed by atoms with Gasteiger partial charge in [-0.3, -0.25) is 14.5 Å². The molecule has 1 unspecified atom stereocenters. The zero-order valence-electron chi connectivity index (χ0n) is 20.3. The van der Waals surface area contributed by atoms with Crippen LogP contribution in [0.2, 0.25) is 0 Å². The summed E-state index contributed by atoms with van der Waals surface area (Å²) in [4.78, 5) is 45.8. The largest absolute Gasteiger partial charge is 0.465 e. The van der Waals surface area contributed by atoms with Crippen LogP contribution in [-0.4, -0.2) is 24.0 Å². The van der Waals surface area contributed by atoms with Crippen molar-refractivity contribution in [3.8, 4) is 0 Å². The topological polar surface area (TPSA) is 89.7 Å². The van der Waals surface area contributed by atoms with Crippen LogP contribution in [-0.2, 0) is 4.74 Å². The highest BCUT2D eigenvalue weighted by atomic mass is 32.1. The molecule has 0 aliphatic carbocycles. The summed E-state index contributed by atoms with van der Waals surface area (Å²) < 4.78 is 11.8. The van der Waals surface area contributed by atoms with Gasteiger partial charge in [-0.25, -0.2) is 9.78 Å². The van der Waals surface area contributed by atoms with E-state index in [1.807, 2.05) is 12.1 Å². The van der Waals surface area contributed by atoms with Crippen molar-refractivity contribution in [2.45, 2.75) is 25.8 Å². The second kappa shape index (κ2) is 8.67. The standard InChI is InChI=1S/C29H22N2O5S/c1-15(2)18-12-13-20-22(14-18)37-29(30-20)31-24(16-8-10-17(11-9-16)28(34)35-3)23-25(32)19-6-4-5-7-21(19)36-26(23)27(31)33/h4-15,24H,1-3H3. The maximum atomic E-state index is 13.8. The summed E-state index contributed by atoms with van der Waals surface area (Å²) >= 11 is 1.40. The van der Waals surface area contributed by atoms with Crippen molar-refractivity contribution in [3.63, 3.8) is 0 Å². The summed E-state index contributed by atoms with van der Waals surface area (Å²) in [5, 5.41) is 0.871. The van der Waals surface area contributed by atoms with Gasteiger partial charge in [0, 0.05) is 0 Å². The maximum absolute atomic E-state index is 13.8. The van der Waals surface area contributed by atoms with E-state index in [-0.39, 0.29) is 16.8 Å². The van der Waals surface area contributed by atoms with Gasteiger partial charge in [0.1, 0.15) is 5.58 Å². The summed E-state index contributed by atoms with van der Waals surface area (Å²) in [5.74, 6) is -0.539. The lowest BCUT2D eigenvalue weighted by molar-refractivity contribution is 0.0600. The highest BCUT2D eigenvalue weighted by molar-refractivity contribution is 7.22. The third kappa shape index (κ3) is 3.64. The van der Waals surface area contributed by atoms with Crippen molar-refractivity contribution in [3.05, 3.63) is 105 Å². The Morgan fingerprint density at radius 3 is 2.54 bits per heavy atom. The third-order valence-electron chi connectivity index (χ3n) is 6.70. The number of ether oxygens (including phenoxy) is 1. The minimum absolute atomic E-state index is 0.00729. The van der Waals surface area contributed by atoms with Crippen LogP contribution < -0.4 is 10.3 Å². The Bertz CT molecular complexity index is 1770. The zero-order chi connectivity index (χ0) is 25.8. The van der Waals surface area contributed by atoms with Crippen LogP contribution in [0.4, 0.5) is 5.13 Å². The molecule has 7 nitrogen and oxygen atoms in total. The van der Waals surface area contributed by atoms with Gasteiger partial charge >= 0.3 is 5.97 Å². The van der Waals surface area contributed by atoms with Crippen molar-refractivity contribution in [1.82, 2.24) is 4.98 Å². The lowest BCUT2D eigenvalue weighted by Crippen LogP contribution is -2.29. The van der Waals surface area contributed by atoms with Gasteiger partial charge in [-0.05, 0) is 53.4 Å². The predicted molar refractivity (Wildman–Crippen MR) is 143 cm³/mol. The number of thiazole rings is 1. The molecule has 5 aromatic rings. The smallest absolute Gasteiger partial charge is 0.337 e. The van der Waals surface area contributed by atoms with Crippen LogP contribution in [0, 0.1) is 0 Å². The highest BCUT2D eigenvalue weighted by Crippen LogP contribution is 2.44. The number of hydrogen-bond donors (Lipinski definition) is 0. The molecule has 37 heavy (non-hydrogen) atoms. The Hall–Kier alpha value is -4.30. The van der Waals surface area contributed by atoms with E-state index in [0.29, 0.717) is 33.1 Å².